The van der Waals surface area contributed by atoms with Crippen molar-refractivity contribution in [1.29, 1.82) is 0 Å². The van der Waals surface area contributed by atoms with Gasteiger partial charge < -0.3 is 10.2 Å². The first-order valence-electron chi connectivity index (χ1n) is 7.31. The molecule has 6 heteroatoms. The van der Waals surface area contributed by atoms with Crippen molar-refractivity contribution in [2.24, 2.45) is 5.92 Å². The van der Waals surface area contributed by atoms with Crippen LogP contribution in [0.2, 0.25) is 0 Å². The van der Waals surface area contributed by atoms with Crippen molar-refractivity contribution in [3.8, 4) is 0 Å². The van der Waals surface area contributed by atoms with Gasteiger partial charge in [0.15, 0.2) is 0 Å². The highest BCUT2D eigenvalue weighted by Gasteiger charge is 2.59. The summed E-state index contributed by atoms with van der Waals surface area (Å²) < 4.78 is 0. The number of thiazole rings is 1. The maximum Gasteiger partial charge on any atom is 0.249 e. The molecule has 114 valence electrons. The van der Waals surface area contributed by atoms with E-state index in [4.69, 9.17) is 0 Å². The summed E-state index contributed by atoms with van der Waals surface area (Å²) in [4.78, 5) is 31.7. The average Bonchev–Trinajstić information content (AvgIpc) is 3.17. The van der Waals surface area contributed by atoms with Gasteiger partial charge in [-0.15, -0.1) is 11.3 Å². The van der Waals surface area contributed by atoms with Crippen LogP contribution in [0.1, 0.15) is 44.3 Å². The number of nitrogens with zero attached hydrogens (tertiary/aromatic N) is 2. The molecule has 0 spiro atoms. The predicted octanol–water partition coefficient (Wildman–Crippen LogP) is 1.86. The monoisotopic (exact) mass is 307 g/mol. The van der Waals surface area contributed by atoms with Gasteiger partial charge in [0.05, 0.1) is 6.54 Å². The Morgan fingerprint density at radius 3 is 2.57 bits per heavy atom. The van der Waals surface area contributed by atoms with E-state index in [0.29, 0.717) is 6.54 Å². The van der Waals surface area contributed by atoms with Gasteiger partial charge >= 0.3 is 0 Å². The van der Waals surface area contributed by atoms with Crippen LogP contribution in [0, 0.1) is 12.8 Å². The van der Waals surface area contributed by atoms with Crippen molar-refractivity contribution in [1.82, 2.24) is 15.2 Å². The molecule has 3 rings (SSSR count). The van der Waals surface area contributed by atoms with Gasteiger partial charge in [0, 0.05) is 11.1 Å². The number of piperazine rings is 1. The number of hydrogen-bond acceptors (Lipinski definition) is 4. The van der Waals surface area contributed by atoms with Gasteiger partial charge in [-0.3, -0.25) is 9.59 Å². The Hall–Kier alpha value is -1.43. The summed E-state index contributed by atoms with van der Waals surface area (Å²) in [6, 6.07) is 0. The highest BCUT2D eigenvalue weighted by Crippen LogP contribution is 2.46. The summed E-state index contributed by atoms with van der Waals surface area (Å²) in [5.74, 6) is 0.200. The van der Waals surface area contributed by atoms with E-state index < -0.39 is 11.1 Å². The van der Waals surface area contributed by atoms with Gasteiger partial charge in [-0.1, -0.05) is 0 Å². The van der Waals surface area contributed by atoms with Crippen LogP contribution in [0.4, 0.5) is 0 Å². The zero-order chi connectivity index (χ0) is 15.4. The number of rotatable bonds is 3. The van der Waals surface area contributed by atoms with Crippen LogP contribution in [0.15, 0.2) is 5.38 Å². The van der Waals surface area contributed by atoms with Crippen molar-refractivity contribution >= 4 is 23.2 Å². The smallest absolute Gasteiger partial charge is 0.249 e. The summed E-state index contributed by atoms with van der Waals surface area (Å²) >= 11 is 1.54. The number of amides is 2. The first-order chi connectivity index (χ1) is 9.75. The molecule has 5 nitrogen and oxygen atoms in total. The SMILES string of the molecule is Cc1csc(CN2C(=O)C(C)(C)NC(=O)C2(C)C2CC2)n1. The molecule has 2 aliphatic rings. The summed E-state index contributed by atoms with van der Waals surface area (Å²) in [6.45, 7) is 7.78. The Morgan fingerprint density at radius 1 is 1.38 bits per heavy atom. The van der Waals surface area contributed by atoms with Crippen molar-refractivity contribution in [3.05, 3.63) is 16.1 Å². The molecule has 1 aliphatic heterocycles. The largest absolute Gasteiger partial charge is 0.340 e. The van der Waals surface area contributed by atoms with E-state index in [0.717, 1.165) is 23.5 Å². The number of nitrogens with one attached hydrogen (secondary N) is 1. The van der Waals surface area contributed by atoms with Crippen LogP contribution in [0.5, 0.6) is 0 Å². The first kappa shape index (κ1) is 14.5. The zero-order valence-electron chi connectivity index (χ0n) is 12.9. The quantitative estimate of drug-likeness (QED) is 0.927. The highest BCUT2D eigenvalue weighted by atomic mass is 32.1. The number of carbonyl (C=O) groups excluding carboxylic acids is 2. The molecule has 0 bridgehead atoms. The van der Waals surface area contributed by atoms with E-state index in [2.05, 4.69) is 10.3 Å². The molecule has 1 unspecified atom stereocenters. The predicted molar refractivity (Wildman–Crippen MR) is 80.8 cm³/mol. The van der Waals surface area contributed by atoms with Gasteiger partial charge in [-0.25, -0.2) is 4.98 Å². The number of aromatic nitrogens is 1. The Labute approximate surface area is 128 Å². The molecule has 1 aliphatic carbocycles. The molecule has 1 N–H and O–H groups in total. The second-order valence-electron chi connectivity index (χ2n) is 6.77. The topological polar surface area (TPSA) is 62.3 Å². The Balaban J connectivity index is 1.97. The maximum absolute atomic E-state index is 12.8. The third kappa shape index (κ3) is 2.25. The summed E-state index contributed by atoms with van der Waals surface area (Å²) in [6.07, 6.45) is 2.01. The molecule has 0 radical (unpaired) electrons. The Kier molecular flexibility index (Phi) is 3.13. The summed E-state index contributed by atoms with van der Waals surface area (Å²) in [7, 11) is 0. The summed E-state index contributed by atoms with van der Waals surface area (Å²) in [5, 5.41) is 5.75. The Morgan fingerprint density at radius 2 is 2.05 bits per heavy atom. The molecule has 1 saturated heterocycles. The number of hydrogen-bond donors (Lipinski definition) is 1. The van der Waals surface area contributed by atoms with Crippen molar-refractivity contribution in [2.45, 2.75) is 58.2 Å². The molecule has 0 aromatic carbocycles. The van der Waals surface area contributed by atoms with E-state index in [1.54, 1.807) is 30.1 Å². The van der Waals surface area contributed by atoms with E-state index in [1.165, 1.54) is 0 Å². The molecule has 1 atom stereocenters. The third-order valence-corrected chi connectivity index (χ3v) is 5.51. The highest BCUT2D eigenvalue weighted by molar-refractivity contribution is 7.09. The van der Waals surface area contributed by atoms with E-state index >= 15 is 0 Å². The normalized spacial score (nSPS) is 28.7. The molecule has 1 aromatic heterocycles. The second-order valence-corrected chi connectivity index (χ2v) is 7.72. The van der Waals surface area contributed by atoms with Crippen LogP contribution in [0.25, 0.3) is 0 Å². The lowest BCUT2D eigenvalue weighted by molar-refractivity contribution is -0.163. The summed E-state index contributed by atoms with van der Waals surface area (Å²) in [5.41, 5.74) is -0.638. The van der Waals surface area contributed by atoms with Crippen molar-refractivity contribution < 1.29 is 9.59 Å². The molecule has 2 heterocycles. The average molecular weight is 307 g/mol. The minimum absolute atomic E-state index is 0.0237. The van der Waals surface area contributed by atoms with E-state index in [9.17, 15) is 9.59 Å². The lowest BCUT2D eigenvalue weighted by atomic mass is 9.84. The maximum atomic E-state index is 12.8. The van der Waals surface area contributed by atoms with Gasteiger partial charge in [0.1, 0.15) is 16.1 Å². The molecule has 2 fully saturated rings. The molecule has 21 heavy (non-hydrogen) atoms. The van der Waals surface area contributed by atoms with Gasteiger partial charge in [-0.2, -0.15) is 0 Å². The molecule has 1 saturated carbocycles. The van der Waals surface area contributed by atoms with Crippen molar-refractivity contribution in [2.75, 3.05) is 0 Å². The van der Waals surface area contributed by atoms with Gasteiger partial charge in [0.25, 0.3) is 0 Å². The van der Waals surface area contributed by atoms with Crippen LogP contribution < -0.4 is 5.32 Å². The lowest BCUT2D eigenvalue weighted by Gasteiger charge is -2.49. The van der Waals surface area contributed by atoms with Gasteiger partial charge in [-0.05, 0) is 46.5 Å². The fourth-order valence-electron chi connectivity index (χ4n) is 3.03. The standard InChI is InChI=1S/C15H21N3O2S/c1-9-8-21-11(16-9)7-18-13(20)14(2,3)17-12(19)15(18,4)10-5-6-10/h8,10H,5-7H2,1-4H3,(H,17,19). The van der Waals surface area contributed by atoms with Crippen molar-refractivity contribution in [3.63, 3.8) is 0 Å². The van der Waals surface area contributed by atoms with E-state index in [-0.39, 0.29) is 17.7 Å². The third-order valence-electron chi connectivity index (χ3n) is 4.56. The van der Waals surface area contributed by atoms with Crippen LogP contribution in [-0.4, -0.2) is 32.8 Å². The number of aryl methyl sites for hydroxylation is 1. The molecular formula is C15H21N3O2S. The van der Waals surface area contributed by atoms with Crippen LogP contribution in [-0.2, 0) is 16.1 Å². The molecule has 1 aromatic rings. The zero-order valence-corrected chi connectivity index (χ0v) is 13.7. The van der Waals surface area contributed by atoms with Crippen LogP contribution in [0.3, 0.4) is 0 Å². The fraction of sp³-hybridized carbons (Fsp3) is 0.667. The molecular weight excluding hydrogens is 286 g/mol. The minimum atomic E-state index is -0.849. The van der Waals surface area contributed by atoms with Gasteiger partial charge in [0.2, 0.25) is 11.8 Å². The number of carbonyl (C=O) groups is 2. The fourth-order valence-corrected chi connectivity index (χ4v) is 3.79. The lowest BCUT2D eigenvalue weighted by Crippen LogP contribution is -2.73. The first-order valence-corrected chi connectivity index (χ1v) is 8.19. The second kappa shape index (κ2) is 4.53. The minimum Gasteiger partial charge on any atom is -0.340 e. The molecule has 2 amide bonds. The van der Waals surface area contributed by atoms with Crippen LogP contribution >= 0.6 is 11.3 Å². The Bertz CT molecular complexity index is 606. The van der Waals surface area contributed by atoms with E-state index in [1.807, 2.05) is 19.2 Å².